The van der Waals surface area contributed by atoms with Crippen LogP contribution in [0.2, 0.25) is 0 Å². The number of ether oxygens (including phenoxy) is 2. The molecule has 0 bridgehead atoms. The minimum Gasteiger partial charge on any atom is -0.495 e. The molecule has 0 spiro atoms. The minimum absolute atomic E-state index is 0.0833. The molecule has 9 nitrogen and oxygen atoms in total. The summed E-state index contributed by atoms with van der Waals surface area (Å²) in [4.78, 5) is 12.2. The van der Waals surface area contributed by atoms with Gasteiger partial charge in [-0.2, -0.15) is 0 Å². The van der Waals surface area contributed by atoms with E-state index in [2.05, 4.69) is 5.32 Å². The lowest BCUT2D eigenvalue weighted by Crippen LogP contribution is -2.24. The molecule has 0 fully saturated rings. The Labute approximate surface area is 170 Å². The van der Waals surface area contributed by atoms with Crippen LogP contribution in [-0.2, 0) is 24.7 Å². The standard InChI is InChI=1S/C18H22N2O7S2/c1-20(2)29(24,25)17-11-13(5-10-16(17)26-3)19-18(21)12-27-14-6-8-15(9-7-14)28(4,22)23/h5-11H,12H2,1-4H3,(H,19,21). The first kappa shape index (κ1) is 22.7. The molecule has 0 aliphatic heterocycles. The van der Waals surface area contributed by atoms with Crippen molar-refractivity contribution >= 4 is 31.5 Å². The molecule has 1 N–H and O–H groups in total. The van der Waals surface area contributed by atoms with E-state index in [9.17, 15) is 21.6 Å². The van der Waals surface area contributed by atoms with Crippen molar-refractivity contribution in [1.82, 2.24) is 4.31 Å². The number of amides is 1. The van der Waals surface area contributed by atoms with Crippen molar-refractivity contribution in [3.05, 3.63) is 42.5 Å². The van der Waals surface area contributed by atoms with Gasteiger partial charge < -0.3 is 14.8 Å². The fourth-order valence-electron chi connectivity index (χ4n) is 2.28. The molecule has 29 heavy (non-hydrogen) atoms. The third-order valence-corrected chi connectivity index (χ3v) is 6.79. The van der Waals surface area contributed by atoms with Crippen molar-refractivity contribution in [1.29, 1.82) is 0 Å². The molecule has 0 saturated heterocycles. The Morgan fingerprint density at radius 2 is 1.66 bits per heavy atom. The van der Waals surface area contributed by atoms with E-state index in [0.29, 0.717) is 5.75 Å². The van der Waals surface area contributed by atoms with Gasteiger partial charge in [0.1, 0.15) is 16.4 Å². The zero-order chi connectivity index (χ0) is 21.8. The number of rotatable bonds is 8. The zero-order valence-electron chi connectivity index (χ0n) is 16.4. The Morgan fingerprint density at radius 1 is 1.03 bits per heavy atom. The lowest BCUT2D eigenvalue weighted by molar-refractivity contribution is -0.118. The Balaban J connectivity index is 2.09. The van der Waals surface area contributed by atoms with Crippen LogP contribution < -0.4 is 14.8 Å². The fourth-order valence-corrected chi connectivity index (χ4v) is 3.99. The molecule has 2 aromatic rings. The number of hydrogen-bond acceptors (Lipinski definition) is 7. The van der Waals surface area contributed by atoms with Gasteiger partial charge in [0.15, 0.2) is 16.4 Å². The topological polar surface area (TPSA) is 119 Å². The second-order valence-corrected chi connectivity index (χ2v) is 10.4. The number of benzene rings is 2. The van der Waals surface area contributed by atoms with Crippen LogP contribution in [0, 0.1) is 0 Å². The summed E-state index contributed by atoms with van der Waals surface area (Å²) in [5.74, 6) is -0.0485. The van der Waals surface area contributed by atoms with Gasteiger partial charge in [0.25, 0.3) is 5.91 Å². The van der Waals surface area contributed by atoms with Gasteiger partial charge in [0.2, 0.25) is 10.0 Å². The summed E-state index contributed by atoms with van der Waals surface area (Å²) in [6, 6.07) is 9.89. The second-order valence-electron chi connectivity index (χ2n) is 6.23. The highest BCUT2D eigenvalue weighted by molar-refractivity contribution is 7.90. The summed E-state index contributed by atoms with van der Waals surface area (Å²) in [5.41, 5.74) is 0.257. The smallest absolute Gasteiger partial charge is 0.262 e. The molecule has 0 aliphatic rings. The number of nitrogens with zero attached hydrogens (tertiary/aromatic N) is 1. The summed E-state index contributed by atoms with van der Waals surface area (Å²) in [5, 5.41) is 2.55. The molecule has 2 rings (SSSR count). The highest BCUT2D eigenvalue weighted by Crippen LogP contribution is 2.28. The van der Waals surface area contributed by atoms with E-state index in [4.69, 9.17) is 9.47 Å². The number of sulfonamides is 1. The van der Waals surface area contributed by atoms with E-state index in [1.807, 2.05) is 0 Å². The number of methoxy groups -OCH3 is 1. The highest BCUT2D eigenvalue weighted by Gasteiger charge is 2.23. The van der Waals surface area contributed by atoms with Crippen molar-refractivity contribution in [3.63, 3.8) is 0 Å². The Bertz CT molecular complexity index is 1090. The molecule has 0 unspecified atom stereocenters. The molecule has 158 valence electrons. The van der Waals surface area contributed by atoms with Crippen LogP contribution in [0.25, 0.3) is 0 Å². The summed E-state index contributed by atoms with van der Waals surface area (Å²) < 4.78 is 59.2. The number of hydrogen-bond donors (Lipinski definition) is 1. The number of carbonyl (C=O) groups excluding carboxylic acids is 1. The first-order chi connectivity index (χ1) is 13.4. The first-order valence-corrected chi connectivity index (χ1v) is 11.6. The average molecular weight is 443 g/mol. The highest BCUT2D eigenvalue weighted by atomic mass is 32.2. The van der Waals surface area contributed by atoms with Gasteiger partial charge in [-0.05, 0) is 42.5 Å². The lowest BCUT2D eigenvalue weighted by Gasteiger charge is -2.16. The van der Waals surface area contributed by atoms with Gasteiger partial charge in [-0.15, -0.1) is 0 Å². The van der Waals surface area contributed by atoms with E-state index >= 15 is 0 Å². The molecule has 1 amide bonds. The van der Waals surface area contributed by atoms with E-state index in [0.717, 1.165) is 10.6 Å². The Morgan fingerprint density at radius 3 is 2.17 bits per heavy atom. The van der Waals surface area contributed by atoms with Gasteiger partial charge >= 0.3 is 0 Å². The number of sulfone groups is 1. The maximum absolute atomic E-state index is 12.4. The van der Waals surface area contributed by atoms with Crippen molar-refractivity contribution in [2.24, 2.45) is 0 Å². The van der Waals surface area contributed by atoms with Gasteiger partial charge in [-0.25, -0.2) is 21.1 Å². The predicted molar refractivity (Wildman–Crippen MR) is 108 cm³/mol. The zero-order valence-corrected chi connectivity index (χ0v) is 18.0. The molecule has 0 heterocycles. The molecule has 11 heteroatoms. The van der Waals surface area contributed by atoms with Gasteiger partial charge in [0, 0.05) is 26.0 Å². The largest absolute Gasteiger partial charge is 0.495 e. The van der Waals surface area contributed by atoms with E-state index in [-0.39, 0.29) is 27.8 Å². The molecule has 0 atom stereocenters. The van der Waals surface area contributed by atoms with Crippen LogP contribution >= 0.6 is 0 Å². The SMILES string of the molecule is COc1ccc(NC(=O)COc2ccc(S(C)(=O)=O)cc2)cc1S(=O)(=O)N(C)C. The quantitative estimate of drug-likeness (QED) is 0.656. The van der Waals surface area contributed by atoms with Gasteiger partial charge in [-0.3, -0.25) is 4.79 Å². The monoisotopic (exact) mass is 442 g/mol. The third-order valence-electron chi connectivity index (χ3n) is 3.83. The average Bonchev–Trinajstić information content (AvgIpc) is 2.65. The second kappa shape index (κ2) is 8.80. The van der Waals surface area contributed by atoms with Crippen LogP contribution in [0.4, 0.5) is 5.69 Å². The molecule has 0 saturated carbocycles. The summed E-state index contributed by atoms with van der Waals surface area (Å²) in [6.07, 6.45) is 1.09. The Hall–Kier alpha value is -2.63. The van der Waals surface area contributed by atoms with E-state index in [1.54, 1.807) is 0 Å². The summed E-state index contributed by atoms with van der Waals surface area (Å²) >= 11 is 0. The lowest BCUT2D eigenvalue weighted by atomic mass is 10.3. The number of anilines is 1. The van der Waals surface area contributed by atoms with Crippen molar-refractivity contribution < 1.29 is 31.1 Å². The van der Waals surface area contributed by atoms with E-state index in [1.165, 1.54) is 63.7 Å². The Kier molecular flexibility index (Phi) is 6.88. The normalized spacial score (nSPS) is 11.9. The fraction of sp³-hybridized carbons (Fsp3) is 0.278. The molecular formula is C18H22N2O7S2. The summed E-state index contributed by atoms with van der Waals surface area (Å²) in [7, 11) is -2.95. The molecule has 2 aromatic carbocycles. The van der Waals surface area contributed by atoms with Crippen LogP contribution in [-0.4, -0.2) is 61.1 Å². The maximum atomic E-state index is 12.4. The van der Waals surface area contributed by atoms with Crippen LogP contribution in [0.5, 0.6) is 11.5 Å². The summed E-state index contributed by atoms with van der Waals surface area (Å²) in [6.45, 7) is -0.347. The number of carbonyl (C=O) groups is 1. The van der Waals surface area contributed by atoms with Crippen LogP contribution in [0.1, 0.15) is 0 Å². The number of nitrogens with one attached hydrogen (secondary N) is 1. The predicted octanol–water partition coefficient (Wildman–Crippen LogP) is 1.37. The molecule has 0 radical (unpaired) electrons. The molecule has 0 aromatic heterocycles. The third kappa shape index (κ3) is 5.68. The van der Waals surface area contributed by atoms with E-state index < -0.39 is 25.8 Å². The van der Waals surface area contributed by atoms with Gasteiger partial charge in [-0.1, -0.05) is 0 Å². The van der Waals surface area contributed by atoms with Crippen molar-refractivity contribution in [2.75, 3.05) is 39.4 Å². The molecule has 0 aliphatic carbocycles. The first-order valence-electron chi connectivity index (χ1n) is 8.28. The minimum atomic E-state index is -3.77. The van der Waals surface area contributed by atoms with Crippen molar-refractivity contribution in [3.8, 4) is 11.5 Å². The molecular weight excluding hydrogens is 420 g/mol. The van der Waals surface area contributed by atoms with Crippen LogP contribution in [0.15, 0.2) is 52.3 Å². The van der Waals surface area contributed by atoms with Gasteiger partial charge in [0.05, 0.1) is 12.0 Å². The maximum Gasteiger partial charge on any atom is 0.262 e. The van der Waals surface area contributed by atoms with Crippen molar-refractivity contribution in [2.45, 2.75) is 9.79 Å². The van der Waals surface area contributed by atoms with Crippen LogP contribution in [0.3, 0.4) is 0 Å².